The van der Waals surface area contributed by atoms with E-state index in [1.807, 2.05) is 6.07 Å². The SMILES string of the molecule is O=C(Nc1cccc(F)c1)Nc1ccc(N2CCCC2)c(C(=O)NC[C@H]2CCCO2)c1. The first-order valence-electron chi connectivity index (χ1n) is 10.7. The summed E-state index contributed by atoms with van der Waals surface area (Å²) in [6, 6.07) is 10.5. The standard InChI is InChI=1S/C23H27FN4O3/c24-16-5-3-6-17(13-16)26-23(30)27-18-8-9-21(28-10-1-2-11-28)20(14-18)22(29)25-15-19-7-4-12-31-19/h3,5-6,8-9,13-14,19H,1-2,4,7,10-12,15H2,(H,25,29)(H2,26,27,30)/t19-/m1/s1. The van der Waals surface area contributed by atoms with E-state index < -0.39 is 11.8 Å². The minimum atomic E-state index is -0.509. The van der Waals surface area contributed by atoms with Crippen LogP contribution in [0, 0.1) is 5.82 Å². The molecule has 164 valence electrons. The maximum Gasteiger partial charge on any atom is 0.323 e. The van der Waals surface area contributed by atoms with Gasteiger partial charge in [-0.05, 0) is 62.1 Å². The Labute approximate surface area is 181 Å². The minimum absolute atomic E-state index is 0.0533. The second-order valence-electron chi connectivity index (χ2n) is 7.86. The lowest BCUT2D eigenvalue weighted by Gasteiger charge is -2.22. The van der Waals surface area contributed by atoms with E-state index in [0.717, 1.165) is 51.1 Å². The molecule has 2 aromatic carbocycles. The molecule has 8 heteroatoms. The summed E-state index contributed by atoms with van der Waals surface area (Å²) in [5.41, 5.74) is 2.21. The number of carbonyl (C=O) groups excluding carboxylic acids is 2. The monoisotopic (exact) mass is 426 g/mol. The fraction of sp³-hybridized carbons (Fsp3) is 0.391. The normalized spacial score (nSPS) is 18.1. The van der Waals surface area contributed by atoms with Crippen molar-refractivity contribution in [1.82, 2.24) is 5.32 Å². The molecule has 2 heterocycles. The molecule has 3 amide bonds. The van der Waals surface area contributed by atoms with E-state index in [4.69, 9.17) is 4.74 Å². The Morgan fingerprint density at radius 1 is 1.03 bits per heavy atom. The number of ether oxygens (including phenoxy) is 1. The molecule has 0 radical (unpaired) electrons. The first kappa shape index (κ1) is 21.1. The van der Waals surface area contributed by atoms with E-state index in [-0.39, 0.29) is 12.0 Å². The maximum absolute atomic E-state index is 13.3. The molecule has 2 aromatic rings. The second-order valence-corrected chi connectivity index (χ2v) is 7.86. The summed E-state index contributed by atoms with van der Waals surface area (Å²) in [5.74, 6) is -0.621. The lowest BCUT2D eigenvalue weighted by atomic mass is 10.1. The lowest BCUT2D eigenvalue weighted by Crippen LogP contribution is -2.33. The molecule has 2 aliphatic rings. The number of anilines is 3. The van der Waals surface area contributed by atoms with Crippen LogP contribution in [0.25, 0.3) is 0 Å². The van der Waals surface area contributed by atoms with Gasteiger partial charge in [0.2, 0.25) is 0 Å². The van der Waals surface area contributed by atoms with Crippen LogP contribution >= 0.6 is 0 Å². The molecule has 31 heavy (non-hydrogen) atoms. The summed E-state index contributed by atoms with van der Waals surface area (Å²) in [6.07, 6.45) is 4.19. The highest BCUT2D eigenvalue weighted by Crippen LogP contribution is 2.28. The number of hydrogen-bond donors (Lipinski definition) is 3. The van der Waals surface area contributed by atoms with Crippen molar-refractivity contribution in [3.63, 3.8) is 0 Å². The van der Waals surface area contributed by atoms with Crippen LogP contribution in [0.5, 0.6) is 0 Å². The Morgan fingerprint density at radius 2 is 1.81 bits per heavy atom. The lowest BCUT2D eigenvalue weighted by molar-refractivity contribution is 0.0858. The summed E-state index contributed by atoms with van der Waals surface area (Å²) in [5, 5.41) is 8.29. The van der Waals surface area contributed by atoms with Crippen LogP contribution in [0.15, 0.2) is 42.5 Å². The second kappa shape index (κ2) is 9.78. The van der Waals surface area contributed by atoms with Gasteiger partial charge in [0, 0.05) is 43.3 Å². The Bertz CT molecular complexity index is 940. The fourth-order valence-electron chi connectivity index (χ4n) is 4.00. The maximum atomic E-state index is 13.3. The quantitative estimate of drug-likeness (QED) is 0.653. The predicted octanol–water partition coefficient (Wildman–Crippen LogP) is 3.98. The predicted molar refractivity (Wildman–Crippen MR) is 118 cm³/mol. The number of carbonyl (C=O) groups is 2. The number of halogens is 1. The molecule has 1 atom stereocenters. The van der Waals surface area contributed by atoms with Crippen molar-refractivity contribution in [2.45, 2.75) is 31.8 Å². The van der Waals surface area contributed by atoms with Crippen LogP contribution in [0.1, 0.15) is 36.0 Å². The summed E-state index contributed by atoms with van der Waals surface area (Å²) in [7, 11) is 0. The van der Waals surface area contributed by atoms with E-state index in [2.05, 4.69) is 20.9 Å². The van der Waals surface area contributed by atoms with Crippen molar-refractivity contribution in [3.05, 3.63) is 53.8 Å². The zero-order chi connectivity index (χ0) is 21.6. The van der Waals surface area contributed by atoms with Crippen LogP contribution in [-0.2, 0) is 4.74 Å². The van der Waals surface area contributed by atoms with Gasteiger partial charge in [-0.1, -0.05) is 6.07 Å². The van der Waals surface area contributed by atoms with Gasteiger partial charge in [0.25, 0.3) is 5.91 Å². The number of hydrogen-bond acceptors (Lipinski definition) is 4. The Kier molecular flexibility index (Phi) is 6.66. The molecule has 2 aliphatic heterocycles. The fourth-order valence-corrected chi connectivity index (χ4v) is 4.00. The molecule has 3 N–H and O–H groups in total. The molecule has 2 fully saturated rings. The molecular formula is C23H27FN4O3. The molecule has 2 saturated heterocycles. The van der Waals surface area contributed by atoms with Gasteiger partial charge in [0.15, 0.2) is 0 Å². The molecule has 4 rings (SSSR count). The number of urea groups is 1. The third-order valence-corrected chi connectivity index (χ3v) is 5.54. The molecule has 0 spiro atoms. The number of rotatable bonds is 6. The highest BCUT2D eigenvalue weighted by molar-refractivity contribution is 6.04. The minimum Gasteiger partial charge on any atom is -0.376 e. The van der Waals surface area contributed by atoms with Gasteiger partial charge in [-0.3, -0.25) is 4.79 Å². The smallest absolute Gasteiger partial charge is 0.323 e. The molecule has 0 aromatic heterocycles. The van der Waals surface area contributed by atoms with Gasteiger partial charge in [0.1, 0.15) is 5.82 Å². The van der Waals surface area contributed by atoms with Crippen LogP contribution in [0.3, 0.4) is 0 Å². The molecule has 0 unspecified atom stereocenters. The third kappa shape index (κ3) is 5.52. The van der Waals surface area contributed by atoms with Crippen LogP contribution < -0.4 is 20.9 Å². The van der Waals surface area contributed by atoms with Gasteiger partial charge < -0.3 is 25.6 Å². The van der Waals surface area contributed by atoms with Gasteiger partial charge in [-0.25, -0.2) is 9.18 Å². The first-order valence-corrected chi connectivity index (χ1v) is 10.7. The number of amides is 3. The average Bonchev–Trinajstić information content (AvgIpc) is 3.46. The zero-order valence-electron chi connectivity index (χ0n) is 17.3. The van der Waals surface area contributed by atoms with Gasteiger partial charge >= 0.3 is 6.03 Å². The Morgan fingerprint density at radius 3 is 2.52 bits per heavy atom. The molecule has 0 bridgehead atoms. The largest absolute Gasteiger partial charge is 0.376 e. The topological polar surface area (TPSA) is 82.7 Å². The van der Waals surface area contributed by atoms with Crippen molar-refractivity contribution < 1.29 is 18.7 Å². The highest BCUT2D eigenvalue weighted by Gasteiger charge is 2.22. The molecule has 0 saturated carbocycles. The van der Waals surface area contributed by atoms with E-state index in [1.165, 1.54) is 18.2 Å². The van der Waals surface area contributed by atoms with Crippen molar-refractivity contribution in [2.24, 2.45) is 0 Å². The van der Waals surface area contributed by atoms with Crippen molar-refractivity contribution in [2.75, 3.05) is 41.8 Å². The van der Waals surface area contributed by atoms with Crippen LogP contribution in [0.2, 0.25) is 0 Å². The average molecular weight is 426 g/mol. The third-order valence-electron chi connectivity index (χ3n) is 5.54. The van der Waals surface area contributed by atoms with E-state index in [0.29, 0.717) is 23.5 Å². The number of nitrogens with one attached hydrogen (secondary N) is 3. The van der Waals surface area contributed by atoms with E-state index in [1.54, 1.807) is 18.2 Å². The van der Waals surface area contributed by atoms with E-state index >= 15 is 0 Å². The van der Waals surface area contributed by atoms with Crippen LogP contribution in [-0.4, -0.2) is 44.3 Å². The highest BCUT2D eigenvalue weighted by atomic mass is 19.1. The first-order chi connectivity index (χ1) is 15.1. The van der Waals surface area contributed by atoms with Gasteiger partial charge in [-0.2, -0.15) is 0 Å². The Hall–Kier alpha value is -3.13. The number of benzene rings is 2. The van der Waals surface area contributed by atoms with Gasteiger partial charge in [0.05, 0.1) is 11.7 Å². The Balaban J connectivity index is 1.48. The summed E-state index contributed by atoms with van der Waals surface area (Å²) >= 11 is 0. The van der Waals surface area contributed by atoms with Crippen molar-refractivity contribution in [1.29, 1.82) is 0 Å². The van der Waals surface area contributed by atoms with Crippen LogP contribution in [0.4, 0.5) is 26.2 Å². The number of nitrogens with zero attached hydrogens (tertiary/aromatic N) is 1. The molecule has 7 nitrogen and oxygen atoms in total. The molecule has 0 aliphatic carbocycles. The summed E-state index contributed by atoms with van der Waals surface area (Å²) < 4.78 is 18.9. The summed E-state index contributed by atoms with van der Waals surface area (Å²) in [6.45, 7) is 3.01. The van der Waals surface area contributed by atoms with Gasteiger partial charge in [-0.15, -0.1) is 0 Å². The van der Waals surface area contributed by atoms with Crippen molar-refractivity contribution in [3.8, 4) is 0 Å². The summed E-state index contributed by atoms with van der Waals surface area (Å²) in [4.78, 5) is 27.5. The van der Waals surface area contributed by atoms with Crippen molar-refractivity contribution >= 4 is 29.0 Å². The van der Waals surface area contributed by atoms with E-state index in [9.17, 15) is 14.0 Å². The molecular weight excluding hydrogens is 399 g/mol. The zero-order valence-corrected chi connectivity index (χ0v) is 17.3.